The molecule has 126 valence electrons. The molecule has 0 saturated heterocycles. The fraction of sp³-hybridized carbons (Fsp3) is 0.238. The molecule has 4 rings (SSSR count). The molecule has 1 aromatic heterocycles. The van der Waals surface area contributed by atoms with Crippen LogP contribution in [0.25, 0.3) is 10.8 Å². The summed E-state index contributed by atoms with van der Waals surface area (Å²) in [7, 11) is 1.71. The number of ether oxygens (including phenoxy) is 1. The van der Waals surface area contributed by atoms with Gasteiger partial charge in [0.2, 0.25) is 0 Å². The lowest BCUT2D eigenvalue weighted by atomic mass is 10.0. The number of pyridine rings is 1. The molecule has 2 aromatic carbocycles. The minimum atomic E-state index is 0.898. The molecule has 2 heterocycles. The highest BCUT2D eigenvalue weighted by atomic mass is 16.5. The third-order valence-corrected chi connectivity index (χ3v) is 4.62. The van der Waals surface area contributed by atoms with Crippen LogP contribution >= 0.6 is 0 Å². The number of nitrogens with zero attached hydrogens (tertiary/aromatic N) is 2. The largest absolute Gasteiger partial charge is 0.496 e. The minimum absolute atomic E-state index is 0.898. The van der Waals surface area contributed by atoms with Crippen LogP contribution in [0.5, 0.6) is 5.75 Å². The second-order valence-corrected chi connectivity index (χ2v) is 6.21. The maximum Gasteiger partial charge on any atom is 0.134 e. The highest BCUT2D eigenvalue weighted by Gasteiger charge is 2.19. The van der Waals surface area contributed by atoms with Crippen LogP contribution in [0, 0.1) is 0 Å². The van der Waals surface area contributed by atoms with E-state index in [-0.39, 0.29) is 0 Å². The zero-order chi connectivity index (χ0) is 17.1. The molecule has 0 radical (unpaired) electrons. The van der Waals surface area contributed by atoms with Gasteiger partial charge in [0, 0.05) is 35.3 Å². The summed E-state index contributed by atoms with van der Waals surface area (Å²) < 4.78 is 5.48. The molecule has 25 heavy (non-hydrogen) atoms. The summed E-state index contributed by atoms with van der Waals surface area (Å²) in [4.78, 5) is 8.83. The van der Waals surface area contributed by atoms with Crippen LogP contribution in [0.3, 0.4) is 0 Å². The van der Waals surface area contributed by atoms with Crippen molar-refractivity contribution < 1.29 is 4.74 Å². The SMILES string of the molecule is COc1ccc2c3c(cccc13)N=C2NCCCCc1ccncc1. The van der Waals surface area contributed by atoms with Gasteiger partial charge in [-0.25, -0.2) is 4.99 Å². The molecule has 0 amide bonds. The molecule has 0 aliphatic carbocycles. The highest BCUT2D eigenvalue weighted by Crippen LogP contribution is 2.39. The summed E-state index contributed by atoms with van der Waals surface area (Å²) in [5.41, 5.74) is 3.53. The normalized spacial score (nSPS) is 12.3. The van der Waals surface area contributed by atoms with Crippen LogP contribution in [0.2, 0.25) is 0 Å². The smallest absolute Gasteiger partial charge is 0.134 e. The lowest BCUT2D eigenvalue weighted by Gasteiger charge is -2.09. The van der Waals surface area contributed by atoms with E-state index in [0.29, 0.717) is 0 Å². The number of benzene rings is 2. The number of aliphatic imine (C=N–C) groups is 1. The van der Waals surface area contributed by atoms with E-state index in [0.717, 1.165) is 48.5 Å². The van der Waals surface area contributed by atoms with E-state index in [1.165, 1.54) is 16.5 Å². The van der Waals surface area contributed by atoms with Gasteiger partial charge in [0.05, 0.1) is 12.8 Å². The Balaban J connectivity index is 1.40. The average Bonchev–Trinajstić information content (AvgIpc) is 3.02. The van der Waals surface area contributed by atoms with Crippen LogP contribution in [0.1, 0.15) is 24.0 Å². The molecule has 0 saturated carbocycles. The molecule has 0 bridgehead atoms. The van der Waals surface area contributed by atoms with Gasteiger partial charge in [-0.3, -0.25) is 4.98 Å². The first-order valence-electron chi connectivity index (χ1n) is 8.68. The van der Waals surface area contributed by atoms with Gasteiger partial charge in [-0.2, -0.15) is 0 Å². The van der Waals surface area contributed by atoms with E-state index in [2.05, 4.69) is 40.6 Å². The summed E-state index contributed by atoms with van der Waals surface area (Å²) in [5, 5.41) is 5.81. The standard InChI is InChI=1S/C21H21N3O/c1-25-19-9-8-17-20-16(19)6-4-7-18(20)24-21(17)23-12-3-2-5-15-10-13-22-14-11-15/h4,6-11,13-14H,2-3,5,12H2,1H3,(H,23,24). The Morgan fingerprint density at radius 1 is 1.00 bits per heavy atom. The fourth-order valence-electron chi connectivity index (χ4n) is 3.35. The Morgan fingerprint density at radius 3 is 2.72 bits per heavy atom. The van der Waals surface area contributed by atoms with Crippen LogP contribution in [0.4, 0.5) is 5.69 Å². The number of rotatable bonds is 6. The maximum atomic E-state index is 5.48. The Kier molecular flexibility index (Phi) is 4.34. The molecular weight excluding hydrogens is 310 g/mol. The molecule has 1 N–H and O–H groups in total. The van der Waals surface area contributed by atoms with Crippen LogP contribution < -0.4 is 10.1 Å². The molecule has 4 heteroatoms. The van der Waals surface area contributed by atoms with Gasteiger partial charge in [-0.1, -0.05) is 12.1 Å². The Labute approximate surface area is 147 Å². The van der Waals surface area contributed by atoms with Gasteiger partial charge >= 0.3 is 0 Å². The average molecular weight is 331 g/mol. The van der Waals surface area contributed by atoms with E-state index in [4.69, 9.17) is 9.73 Å². The summed E-state index contributed by atoms with van der Waals surface area (Å²) in [6, 6.07) is 14.5. The first-order valence-corrected chi connectivity index (χ1v) is 8.68. The number of hydrogen-bond donors (Lipinski definition) is 1. The van der Waals surface area contributed by atoms with Crippen molar-refractivity contribution in [3.8, 4) is 5.75 Å². The van der Waals surface area contributed by atoms with Crippen molar-refractivity contribution in [1.29, 1.82) is 0 Å². The molecule has 0 spiro atoms. The Bertz CT molecular complexity index is 919. The van der Waals surface area contributed by atoms with Gasteiger partial charge < -0.3 is 10.1 Å². The zero-order valence-corrected chi connectivity index (χ0v) is 14.3. The van der Waals surface area contributed by atoms with Crippen molar-refractivity contribution in [2.24, 2.45) is 4.99 Å². The Morgan fingerprint density at radius 2 is 1.88 bits per heavy atom. The molecule has 3 aromatic rings. The van der Waals surface area contributed by atoms with E-state index in [1.54, 1.807) is 7.11 Å². The quantitative estimate of drug-likeness (QED) is 0.687. The molecule has 1 aliphatic heterocycles. The number of unbranched alkanes of at least 4 members (excludes halogenated alkanes) is 1. The fourth-order valence-corrected chi connectivity index (χ4v) is 3.35. The van der Waals surface area contributed by atoms with Gasteiger partial charge in [0.15, 0.2) is 0 Å². The van der Waals surface area contributed by atoms with Gasteiger partial charge in [0.25, 0.3) is 0 Å². The molecule has 0 unspecified atom stereocenters. The summed E-state index contributed by atoms with van der Waals surface area (Å²) in [5.74, 6) is 1.87. The first kappa shape index (κ1) is 15.6. The second kappa shape index (κ2) is 6.93. The monoisotopic (exact) mass is 331 g/mol. The van der Waals surface area contributed by atoms with Crippen molar-refractivity contribution in [1.82, 2.24) is 10.3 Å². The third kappa shape index (κ3) is 3.07. The summed E-state index contributed by atoms with van der Waals surface area (Å²) in [6.07, 6.45) is 7.05. The number of amidine groups is 1. The number of aryl methyl sites for hydroxylation is 1. The van der Waals surface area contributed by atoms with Crippen molar-refractivity contribution in [3.05, 3.63) is 66.0 Å². The maximum absolute atomic E-state index is 5.48. The van der Waals surface area contributed by atoms with Gasteiger partial charge in [0.1, 0.15) is 11.6 Å². The predicted octanol–water partition coefficient (Wildman–Crippen LogP) is 4.25. The number of hydrogen-bond acceptors (Lipinski definition) is 4. The van der Waals surface area contributed by atoms with Crippen molar-refractivity contribution >= 4 is 22.3 Å². The van der Waals surface area contributed by atoms with Crippen LogP contribution in [-0.4, -0.2) is 24.5 Å². The van der Waals surface area contributed by atoms with E-state index < -0.39 is 0 Å². The molecule has 4 nitrogen and oxygen atoms in total. The lowest BCUT2D eigenvalue weighted by molar-refractivity contribution is 0.420. The summed E-state index contributed by atoms with van der Waals surface area (Å²) in [6.45, 7) is 0.922. The minimum Gasteiger partial charge on any atom is -0.496 e. The van der Waals surface area contributed by atoms with Crippen molar-refractivity contribution in [2.75, 3.05) is 13.7 Å². The molecular formula is C21H21N3O. The van der Waals surface area contributed by atoms with E-state index >= 15 is 0 Å². The van der Waals surface area contributed by atoms with Crippen LogP contribution in [-0.2, 0) is 6.42 Å². The highest BCUT2D eigenvalue weighted by molar-refractivity contribution is 6.20. The number of aromatic nitrogens is 1. The number of methoxy groups -OCH3 is 1. The van der Waals surface area contributed by atoms with Crippen molar-refractivity contribution in [2.45, 2.75) is 19.3 Å². The van der Waals surface area contributed by atoms with Crippen LogP contribution in [0.15, 0.2) is 59.9 Å². The van der Waals surface area contributed by atoms with E-state index in [1.807, 2.05) is 24.5 Å². The molecule has 0 atom stereocenters. The molecule has 0 fully saturated rings. The van der Waals surface area contributed by atoms with E-state index in [9.17, 15) is 0 Å². The number of nitrogens with one attached hydrogen (secondary N) is 1. The predicted molar refractivity (Wildman–Crippen MR) is 102 cm³/mol. The van der Waals surface area contributed by atoms with Gasteiger partial charge in [-0.05, 0) is 55.2 Å². The lowest BCUT2D eigenvalue weighted by Crippen LogP contribution is -2.24. The van der Waals surface area contributed by atoms with Gasteiger partial charge in [-0.15, -0.1) is 0 Å². The summed E-state index contributed by atoms with van der Waals surface area (Å²) >= 11 is 0. The Hall–Kier alpha value is -2.88. The van der Waals surface area contributed by atoms with Crippen molar-refractivity contribution in [3.63, 3.8) is 0 Å². The topological polar surface area (TPSA) is 46.5 Å². The zero-order valence-electron chi connectivity index (χ0n) is 14.3. The second-order valence-electron chi connectivity index (χ2n) is 6.21. The third-order valence-electron chi connectivity index (χ3n) is 4.62. The first-order chi connectivity index (χ1) is 12.4. The molecule has 1 aliphatic rings.